The third-order valence-corrected chi connectivity index (χ3v) is 3.23. The molecular formula is C13H26N4O. The first-order valence-corrected chi connectivity index (χ1v) is 6.68. The first kappa shape index (κ1) is 15.1. The molecule has 0 radical (unpaired) electrons. The minimum absolute atomic E-state index is 0.0668. The van der Waals surface area contributed by atoms with E-state index in [2.05, 4.69) is 49.7 Å². The van der Waals surface area contributed by atoms with Gasteiger partial charge in [0, 0.05) is 13.0 Å². The fraction of sp³-hybridized carbons (Fsp3) is 0.846. The van der Waals surface area contributed by atoms with E-state index < -0.39 is 0 Å². The maximum absolute atomic E-state index is 6.09. The molecule has 0 saturated heterocycles. The summed E-state index contributed by atoms with van der Waals surface area (Å²) in [6.07, 6.45) is 0.808. The van der Waals surface area contributed by atoms with Gasteiger partial charge < -0.3 is 15.2 Å². The molecule has 1 heterocycles. The van der Waals surface area contributed by atoms with E-state index >= 15 is 0 Å². The molecule has 0 aliphatic carbocycles. The fourth-order valence-corrected chi connectivity index (χ4v) is 1.66. The topological polar surface area (TPSA) is 68.2 Å². The number of hydrogen-bond acceptors (Lipinski definition) is 5. The van der Waals surface area contributed by atoms with Gasteiger partial charge in [-0.2, -0.15) is 4.98 Å². The highest BCUT2D eigenvalue weighted by Crippen LogP contribution is 2.29. The Balaban J connectivity index is 2.58. The SMILES string of the molecule is CCN(CC)CCc1noc([C@H](N)C(C)(C)C)n1. The highest BCUT2D eigenvalue weighted by molar-refractivity contribution is 4.96. The van der Waals surface area contributed by atoms with Crippen molar-refractivity contribution in [3.63, 3.8) is 0 Å². The van der Waals surface area contributed by atoms with E-state index in [1.165, 1.54) is 0 Å². The van der Waals surface area contributed by atoms with Gasteiger partial charge >= 0.3 is 0 Å². The highest BCUT2D eigenvalue weighted by Gasteiger charge is 2.27. The van der Waals surface area contributed by atoms with Gasteiger partial charge in [-0.1, -0.05) is 39.8 Å². The molecule has 0 aliphatic heterocycles. The summed E-state index contributed by atoms with van der Waals surface area (Å²) in [4.78, 5) is 6.72. The summed E-state index contributed by atoms with van der Waals surface area (Å²) in [5, 5.41) is 4.00. The Bertz CT molecular complexity index is 352. The molecule has 0 fully saturated rings. The summed E-state index contributed by atoms with van der Waals surface area (Å²) in [5.74, 6) is 1.29. The Hall–Kier alpha value is -0.940. The van der Waals surface area contributed by atoms with Gasteiger partial charge in [0.25, 0.3) is 0 Å². The van der Waals surface area contributed by atoms with Gasteiger partial charge in [0.1, 0.15) is 0 Å². The van der Waals surface area contributed by atoms with Crippen molar-refractivity contribution < 1.29 is 4.52 Å². The largest absolute Gasteiger partial charge is 0.338 e. The summed E-state index contributed by atoms with van der Waals surface area (Å²) in [6.45, 7) is 13.6. The second-order valence-corrected chi connectivity index (χ2v) is 5.67. The number of rotatable bonds is 6. The first-order valence-electron chi connectivity index (χ1n) is 6.68. The predicted octanol–water partition coefficient (Wildman–Crippen LogP) is 2.00. The van der Waals surface area contributed by atoms with E-state index in [-0.39, 0.29) is 11.5 Å². The molecule has 5 nitrogen and oxygen atoms in total. The lowest BCUT2D eigenvalue weighted by molar-refractivity contribution is 0.251. The molecule has 1 rings (SSSR count). The Labute approximate surface area is 110 Å². The van der Waals surface area contributed by atoms with Crippen molar-refractivity contribution in [3.05, 3.63) is 11.7 Å². The quantitative estimate of drug-likeness (QED) is 0.841. The van der Waals surface area contributed by atoms with Crippen LogP contribution in [0.1, 0.15) is 52.4 Å². The lowest BCUT2D eigenvalue weighted by Crippen LogP contribution is -2.27. The van der Waals surface area contributed by atoms with Crippen molar-refractivity contribution in [2.45, 2.75) is 47.1 Å². The van der Waals surface area contributed by atoms with Crippen molar-refractivity contribution in [2.24, 2.45) is 11.1 Å². The lowest BCUT2D eigenvalue weighted by Gasteiger charge is -2.23. The van der Waals surface area contributed by atoms with E-state index in [9.17, 15) is 0 Å². The van der Waals surface area contributed by atoms with Crippen LogP contribution in [0.2, 0.25) is 0 Å². The molecule has 1 atom stereocenters. The van der Waals surface area contributed by atoms with Gasteiger partial charge in [0.2, 0.25) is 5.89 Å². The zero-order chi connectivity index (χ0) is 13.8. The van der Waals surface area contributed by atoms with Crippen LogP contribution in [0.25, 0.3) is 0 Å². The van der Waals surface area contributed by atoms with Crippen molar-refractivity contribution in [1.82, 2.24) is 15.0 Å². The first-order chi connectivity index (χ1) is 8.38. The molecule has 2 N–H and O–H groups in total. The molecule has 104 valence electrons. The molecule has 0 bridgehead atoms. The maximum atomic E-state index is 6.09. The van der Waals surface area contributed by atoms with Crippen LogP contribution in [0.3, 0.4) is 0 Å². The van der Waals surface area contributed by atoms with Crippen LogP contribution in [0.15, 0.2) is 4.52 Å². The van der Waals surface area contributed by atoms with Crippen molar-refractivity contribution >= 4 is 0 Å². The smallest absolute Gasteiger partial charge is 0.244 e. The van der Waals surface area contributed by atoms with Crippen LogP contribution in [0.4, 0.5) is 0 Å². The zero-order valence-corrected chi connectivity index (χ0v) is 12.2. The second kappa shape index (κ2) is 6.29. The van der Waals surface area contributed by atoms with E-state index in [0.29, 0.717) is 5.89 Å². The Morgan fingerprint density at radius 1 is 1.28 bits per heavy atom. The lowest BCUT2D eigenvalue weighted by atomic mass is 9.87. The zero-order valence-electron chi connectivity index (χ0n) is 12.2. The van der Waals surface area contributed by atoms with Crippen LogP contribution in [0, 0.1) is 5.41 Å². The number of nitrogens with zero attached hydrogens (tertiary/aromatic N) is 3. The van der Waals surface area contributed by atoms with E-state index in [0.717, 1.165) is 31.9 Å². The van der Waals surface area contributed by atoms with Crippen LogP contribution < -0.4 is 5.73 Å². The highest BCUT2D eigenvalue weighted by atomic mass is 16.5. The predicted molar refractivity (Wildman–Crippen MR) is 72.2 cm³/mol. The molecule has 18 heavy (non-hydrogen) atoms. The Morgan fingerprint density at radius 3 is 2.39 bits per heavy atom. The number of hydrogen-bond donors (Lipinski definition) is 1. The molecule has 0 saturated carbocycles. The number of aromatic nitrogens is 2. The van der Waals surface area contributed by atoms with Crippen molar-refractivity contribution in [3.8, 4) is 0 Å². The van der Waals surface area contributed by atoms with Crippen molar-refractivity contribution in [2.75, 3.05) is 19.6 Å². The van der Waals surface area contributed by atoms with E-state index in [1.807, 2.05) is 0 Å². The standard InChI is InChI=1S/C13H26N4O/c1-6-17(7-2)9-8-10-15-12(18-16-10)11(14)13(3,4)5/h11H,6-9,14H2,1-5H3/t11-/m0/s1. The number of likely N-dealkylation sites (N-methyl/N-ethyl adjacent to an activating group) is 1. The van der Waals surface area contributed by atoms with Crippen LogP contribution in [-0.2, 0) is 6.42 Å². The molecule has 0 aliphatic rings. The summed E-state index contributed by atoms with van der Waals surface area (Å²) >= 11 is 0. The van der Waals surface area contributed by atoms with Gasteiger partial charge in [-0.05, 0) is 18.5 Å². The third-order valence-electron chi connectivity index (χ3n) is 3.23. The average molecular weight is 254 g/mol. The monoisotopic (exact) mass is 254 g/mol. The van der Waals surface area contributed by atoms with Gasteiger partial charge in [-0.15, -0.1) is 0 Å². The van der Waals surface area contributed by atoms with Crippen LogP contribution in [-0.4, -0.2) is 34.7 Å². The number of nitrogens with two attached hydrogens (primary N) is 1. The molecule has 0 spiro atoms. The summed E-state index contributed by atoms with van der Waals surface area (Å²) in [7, 11) is 0. The molecule has 1 aromatic rings. The molecule has 0 amide bonds. The van der Waals surface area contributed by atoms with E-state index in [1.54, 1.807) is 0 Å². The van der Waals surface area contributed by atoms with Crippen LogP contribution >= 0.6 is 0 Å². The van der Waals surface area contributed by atoms with Crippen molar-refractivity contribution in [1.29, 1.82) is 0 Å². The van der Waals surface area contributed by atoms with Gasteiger partial charge in [0.15, 0.2) is 5.82 Å². The summed E-state index contributed by atoms with van der Waals surface area (Å²) in [6, 6.07) is -0.216. The molecular weight excluding hydrogens is 228 g/mol. The minimum Gasteiger partial charge on any atom is -0.338 e. The Morgan fingerprint density at radius 2 is 1.89 bits per heavy atom. The summed E-state index contributed by atoms with van der Waals surface area (Å²) in [5.41, 5.74) is 6.02. The molecule has 1 aromatic heterocycles. The third kappa shape index (κ3) is 4.07. The van der Waals surface area contributed by atoms with Gasteiger partial charge in [-0.3, -0.25) is 0 Å². The second-order valence-electron chi connectivity index (χ2n) is 5.67. The molecule has 0 unspecified atom stereocenters. The Kier molecular flexibility index (Phi) is 5.28. The molecule has 0 aromatic carbocycles. The molecule has 5 heteroatoms. The summed E-state index contributed by atoms with van der Waals surface area (Å²) < 4.78 is 5.25. The minimum atomic E-state index is -0.216. The average Bonchev–Trinajstić information content (AvgIpc) is 2.77. The van der Waals surface area contributed by atoms with E-state index in [4.69, 9.17) is 10.3 Å². The fourth-order valence-electron chi connectivity index (χ4n) is 1.66. The maximum Gasteiger partial charge on any atom is 0.244 e. The van der Waals surface area contributed by atoms with Gasteiger partial charge in [-0.25, -0.2) is 0 Å². The van der Waals surface area contributed by atoms with Gasteiger partial charge in [0.05, 0.1) is 6.04 Å². The van der Waals surface area contributed by atoms with Crippen LogP contribution in [0.5, 0.6) is 0 Å². The normalized spacial score (nSPS) is 14.2.